The second kappa shape index (κ2) is 6.56. The summed E-state index contributed by atoms with van der Waals surface area (Å²) in [7, 11) is 3.33. The van der Waals surface area contributed by atoms with Crippen molar-refractivity contribution in [3.8, 4) is 0 Å². The van der Waals surface area contributed by atoms with Gasteiger partial charge in [0.25, 0.3) is 0 Å². The number of nitrogens with zero attached hydrogens (tertiary/aromatic N) is 6. The van der Waals surface area contributed by atoms with Gasteiger partial charge in [0.05, 0.1) is 12.2 Å². The minimum atomic E-state index is -0.217. The first-order valence-electron chi connectivity index (χ1n) is 7.99. The standard InChI is InChI=1S/C16H22N6O2/c1-12(13-6-4-5-7-17-13)20-8-9-21-14(10-20)18-22(16(21)24)11-15(23)19(2)3/h4-7,12H,8-11H2,1-3H3. The molecular formula is C16H22N6O2. The van der Waals surface area contributed by atoms with Crippen molar-refractivity contribution in [1.82, 2.24) is 29.1 Å². The first-order chi connectivity index (χ1) is 11.5. The SMILES string of the molecule is CC(c1ccccn1)N1CCn2c(nn(CC(=O)N(C)C)c2=O)C1. The van der Waals surface area contributed by atoms with Crippen LogP contribution in [0.3, 0.4) is 0 Å². The number of aromatic nitrogens is 4. The molecule has 1 aliphatic heterocycles. The Labute approximate surface area is 140 Å². The molecule has 0 radical (unpaired) electrons. The molecule has 2 aromatic heterocycles. The lowest BCUT2D eigenvalue weighted by molar-refractivity contribution is -0.129. The Hall–Kier alpha value is -2.48. The second-order valence-electron chi connectivity index (χ2n) is 6.20. The monoisotopic (exact) mass is 330 g/mol. The number of hydrogen-bond donors (Lipinski definition) is 0. The molecule has 8 heteroatoms. The van der Waals surface area contributed by atoms with Gasteiger partial charge in [-0.15, -0.1) is 0 Å². The van der Waals surface area contributed by atoms with Gasteiger partial charge in [-0.2, -0.15) is 5.10 Å². The van der Waals surface area contributed by atoms with Gasteiger partial charge in [0.15, 0.2) is 0 Å². The lowest BCUT2D eigenvalue weighted by Gasteiger charge is -2.31. The van der Waals surface area contributed by atoms with Crippen molar-refractivity contribution < 1.29 is 4.79 Å². The van der Waals surface area contributed by atoms with Gasteiger partial charge in [-0.05, 0) is 19.1 Å². The quantitative estimate of drug-likeness (QED) is 0.795. The van der Waals surface area contributed by atoms with Crippen LogP contribution in [0.25, 0.3) is 0 Å². The van der Waals surface area contributed by atoms with Gasteiger partial charge in [0, 0.05) is 39.4 Å². The van der Waals surface area contributed by atoms with E-state index in [9.17, 15) is 9.59 Å². The number of carbonyl (C=O) groups excluding carboxylic acids is 1. The Morgan fingerprint density at radius 3 is 2.79 bits per heavy atom. The zero-order valence-corrected chi connectivity index (χ0v) is 14.2. The average Bonchev–Trinajstić information content (AvgIpc) is 2.90. The van der Waals surface area contributed by atoms with Crippen molar-refractivity contribution in [1.29, 1.82) is 0 Å². The maximum absolute atomic E-state index is 12.4. The van der Waals surface area contributed by atoms with E-state index in [2.05, 4.69) is 21.9 Å². The molecule has 128 valence electrons. The van der Waals surface area contributed by atoms with Crippen molar-refractivity contribution in [2.45, 2.75) is 32.6 Å². The molecule has 1 aliphatic rings. The van der Waals surface area contributed by atoms with Crippen LogP contribution in [-0.2, 0) is 24.4 Å². The molecular weight excluding hydrogens is 308 g/mol. The molecule has 24 heavy (non-hydrogen) atoms. The van der Waals surface area contributed by atoms with E-state index in [1.807, 2.05) is 18.2 Å². The molecule has 2 aromatic rings. The number of hydrogen-bond acceptors (Lipinski definition) is 5. The zero-order chi connectivity index (χ0) is 17.3. The first kappa shape index (κ1) is 16.4. The lowest BCUT2D eigenvalue weighted by Crippen LogP contribution is -2.39. The Morgan fingerprint density at radius 2 is 2.12 bits per heavy atom. The Morgan fingerprint density at radius 1 is 1.33 bits per heavy atom. The molecule has 0 saturated heterocycles. The second-order valence-corrected chi connectivity index (χ2v) is 6.20. The zero-order valence-electron chi connectivity index (χ0n) is 14.2. The van der Waals surface area contributed by atoms with E-state index in [0.717, 1.165) is 12.2 Å². The van der Waals surface area contributed by atoms with Crippen molar-refractivity contribution in [3.63, 3.8) is 0 Å². The van der Waals surface area contributed by atoms with Crippen molar-refractivity contribution in [2.75, 3.05) is 20.6 Å². The number of pyridine rings is 1. The molecule has 1 atom stereocenters. The van der Waals surface area contributed by atoms with E-state index in [1.165, 1.54) is 9.58 Å². The summed E-state index contributed by atoms with van der Waals surface area (Å²) in [5.41, 5.74) is 0.779. The van der Waals surface area contributed by atoms with Gasteiger partial charge >= 0.3 is 5.69 Å². The van der Waals surface area contributed by atoms with Crippen molar-refractivity contribution in [2.24, 2.45) is 0 Å². The number of fused-ring (bicyclic) bond motifs is 1. The van der Waals surface area contributed by atoms with E-state index in [4.69, 9.17) is 0 Å². The van der Waals surface area contributed by atoms with Gasteiger partial charge in [-0.1, -0.05) is 6.07 Å². The summed E-state index contributed by atoms with van der Waals surface area (Å²) in [6, 6.07) is 6.01. The highest BCUT2D eigenvalue weighted by Crippen LogP contribution is 2.22. The Kier molecular flexibility index (Phi) is 4.48. The summed E-state index contributed by atoms with van der Waals surface area (Å²) in [6.45, 7) is 3.96. The van der Waals surface area contributed by atoms with E-state index >= 15 is 0 Å². The van der Waals surface area contributed by atoms with E-state index in [0.29, 0.717) is 18.9 Å². The third-order valence-electron chi connectivity index (χ3n) is 4.40. The highest BCUT2D eigenvalue weighted by atomic mass is 16.2. The number of carbonyl (C=O) groups is 1. The summed E-state index contributed by atoms with van der Waals surface area (Å²) in [4.78, 5) is 32.3. The van der Waals surface area contributed by atoms with Crippen LogP contribution in [-0.4, -0.2) is 55.7 Å². The van der Waals surface area contributed by atoms with Gasteiger partial charge in [0.1, 0.15) is 12.4 Å². The van der Waals surface area contributed by atoms with Crippen LogP contribution < -0.4 is 5.69 Å². The van der Waals surface area contributed by atoms with E-state index < -0.39 is 0 Å². The van der Waals surface area contributed by atoms with Crippen LogP contribution in [0.5, 0.6) is 0 Å². The third kappa shape index (κ3) is 3.09. The van der Waals surface area contributed by atoms with Crippen molar-refractivity contribution in [3.05, 3.63) is 46.4 Å². The maximum atomic E-state index is 12.4. The Balaban J connectivity index is 1.79. The topological polar surface area (TPSA) is 76.3 Å². The minimum Gasteiger partial charge on any atom is -0.347 e. The fraction of sp³-hybridized carbons (Fsp3) is 0.500. The summed E-state index contributed by atoms with van der Waals surface area (Å²) in [5.74, 6) is 0.548. The third-order valence-corrected chi connectivity index (χ3v) is 4.40. The van der Waals surface area contributed by atoms with Crippen LogP contribution in [0.2, 0.25) is 0 Å². The minimum absolute atomic E-state index is 0.0262. The molecule has 0 aliphatic carbocycles. The molecule has 8 nitrogen and oxygen atoms in total. The van der Waals surface area contributed by atoms with E-state index in [1.54, 1.807) is 24.9 Å². The average molecular weight is 330 g/mol. The molecule has 3 heterocycles. The first-order valence-corrected chi connectivity index (χ1v) is 7.99. The highest BCUT2D eigenvalue weighted by molar-refractivity contribution is 5.75. The molecule has 0 N–H and O–H groups in total. The summed E-state index contributed by atoms with van der Waals surface area (Å²) in [6.07, 6.45) is 1.79. The normalized spacial score (nSPS) is 15.8. The molecule has 0 bridgehead atoms. The van der Waals surface area contributed by atoms with Crippen LogP contribution in [0.1, 0.15) is 24.5 Å². The van der Waals surface area contributed by atoms with Gasteiger partial charge in [-0.25, -0.2) is 9.48 Å². The predicted molar refractivity (Wildman–Crippen MR) is 88.2 cm³/mol. The van der Waals surface area contributed by atoms with Gasteiger partial charge in [0.2, 0.25) is 5.91 Å². The van der Waals surface area contributed by atoms with Crippen LogP contribution in [0.15, 0.2) is 29.2 Å². The summed E-state index contributed by atoms with van der Waals surface area (Å²) in [5, 5.41) is 4.36. The molecule has 0 spiro atoms. The fourth-order valence-electron chi connectivity index (χ4n) is 2.83. The molecule has 0 fully saturated rings. The fourth-order valence-corrected chi connectivity index (χ4v) is 2.83. The number of rotatable bonds is 4. The smallest absolute Gasteiger partial charge is 0.346 e. The highest BCUT2D eigenvalue weighted by Gasteiger charge is 2.26. The van der Waals surface area contributed by atoms with E-state index in [-0.39, 0.29) is 24.2 Å². The van der Waals surface area contributed by atoms with Crippen molar-refractivity contribution >= 4 is 5.91 Å². The lowest BCUT2D eigenvalue weighted by atomic mass is 10.1. The van der Waals surface area contributed by atoms with Gasteiger partial charge in [-0.3, -0.25) is 19.2 Å². The van der Waals surface area contributed by atoms with Crippen LogP contribution >= 0.6 is 0 Å². The Bertz CT molecular complexity index is 780. The molecule has 3 rings (SSSR count). The molecule has 1 unspecified atom stereocenters. The van der Waals surface area contributed by atoms with Gasteiger partial charge < -0.3 is 4.90 Å². The summed E-state index contributed by atoms with van der Waals surface area (Å²) < 4.78 is 2.91. The summed E-state index contributed by atoms with van der Waals surface area (Å²) >= 11 is 0. The van der Waals surface area contributed by atoms with Crippen LogP contribution in [0.4, 0.5) is 0 Å². The molecule has 0 saturated carbocycles. The number of amides is 1. The molecule has 0 aromatic carbocycles. The molecule has 1 amide bonds. The van der Waals surface area contributed by atoms with Crippen LogP contribution in [0, 0.1) is 0 Å². The largest absolute Gasteiger partial charge is 0.347 e. The predicted octanol–water partition coefficient (Wildman–Crippen LogP) is 0.105. The number of likely N-dealkylation sites (N-methyl/N-ethyl adjacent to an activating group) is 1. The maximum Gasteiger partial charge on any atom is 0.346 e.